The van der Waals surface area contributed by atoms with Crippen molar-refractivity contribution >= 4 is 6.03 Å². The number of hydrogen-bond donors (Lipinski definition) is 2. The van der Waals surface area contributed by atoms with Crippen molar-refractivity contribution in [2.24, 2.45) is 0 Å². The molecule has 0 aromatic rings. The number of hydrogen-bond acceptors (Lipinski definition) is 3. The molecule has 3 rings (SSSR count). The van der Waals surface area contributed by atoms with Gasteiger partial charge < -0.3 is 15.2 Å². The largest absolute Gasteiger partial charge is 0.370 e. The van der Waals surface area contributed by atoms with Crippen molar-refractivity contribution in [2.75, 3.05) is 0 Å². The van der Waals surface area contributed by atoms with Gasteiger partial charge in [0.05, 0.1) is 17.7 Å². The number of nitrogens with zero attached hydrogens (tertiary/aromatic N) is 1. The van der Waals surface area contributed by atoms with E-state index in [0.29, 0.717) is 6.10 Å². The number of amides is 2. The summed E-state index contributed by atoms with van der Waals surface area (Å²) in [6, 6.07) is -0.0896. The third kappa shape index (κ3) is 1.73. The van der Waals surface area contributed by atoms with Gasteiger partial charge in [-0.1, -0.05) is 6.92 Å². The van der Waals surface area contributed by atoms with E-state index in [4.69, 9.17) is 4.74 Å². The Labute approximate surface area is 100 Å². The molecule has 2 aliphatic heterocycles. The number of nitrogens with one attached hydrogen (secondary N) is 1. The van der Waals surface area contributed by atoms with Crippen molar-refractivity contribution in [3.05, 3.63) is 12.3 Å². The highest BCUT2D eigenvalue weighted by molar-refractivity contribution is 5.78. The highest BCUT2D eigenvalue weighted by Gasteiger charge is 2.62. The molecule has 5 nitrogen and oxygen atoms in total. The maximum atomic E-state index is 11.7. The van der Waals surface area contributed by atoms with Crippen molar-refractivity contribution in [1.29, 1.82) is 0 Å². The number of carbonyl (C=O) groups is 1. The normalized spacial score (nSPS) is 44.2. The molecule has 1 spiro atoms. The number of aliphatic hydroxyl groups excluding tert-OH is 1. The monoisotopic (exact) mass is 238 g/mol. The van der Waals surface area contributed by atoms with Crippen LogP contribution in [0.4, 0.5) is 4.79 Å². The molecule has 2 N–H and O–H groups in total. The first-order valence-electron chi connectivity index (χ1n) is 6.28. The first-order valence-corrected chi connectivity index (χ1v) is 6.28. The summed E-state index contributed by atoms with van der Waals surface area (Å²) in [4.78, 5) is 13.4. The van der Waals surface area contributed by atoms with E-state index < -0.39 is 6.23 Å². The SMILES string of the molecule is CC[C@@H]1CCC2(CC2N2C=CC(O)NC2=O)O1. The Hall–Kier alpha value is -1.07. The van der Waals surface area contributed by atoms with Gasteiger partial charge in [0, 0.05) is 12.6 Å². The lowest BCUT2D eigenvalue weighted by Gasteiger charge is -2.26. The number of aliphatic hydroxyl groups is 1. The lowest BCUT2D eigenvalue weighted by Crippen LogP contribution is -2.48. The Kier molecular flexibility index (Phi) is 2.41. The van der Waals surface area contributed by atoms with Crippen molar-refractivity contribution in [3.63, 3.8) is 0 Å². The number of urea groups is 1. The summed E-state index contributed by atoms with van der Waals surface area (Å²) in [5.74, 6) is 0. The van der Waals surface area contributed by atoms with Crippen molar-refractivity contribution in [2.45, 2.75) is 56.6 Å². The van der Waals surface area contributed by atoms with E-state index in [1.165, 1.54) is 0 Å². The summed E-state index contributed by atoms with van der Waals surface area (Å²) in [5.41, 5.74) is -0.106. The predicted octanol–water partition coefficient (Wildman–Crippen LogP) is 0.944. The van der Waals surface area contributed by atoms with E-state index in [2.05, 4.69) is 12.2 Å². The van der Waals surface area contributed by atoms with Crippen LogP contribution in [-0.2, 0) is 4.74 Å². The molecule has 2 fully saturated rings. The van der Waals surface area contributed by atoms with Gasteiger partial charge in [0.15, 0.2) is 0 Å². The minimum absolute atomic E-state index is 0.106. The van der Waals surface area contributed by atoms with Crippen LogP contribution in [-0.4, -0.2) is 40.0 Å². The Morgan fingerprint density at radius 1 is 1.71 bits per heavy atom. The molecule has 5 heteroatoms. The van der Waals surface area contributed by atoms with E-state index >= 15 is 0 Å². The van der Waals surface area contributed by atoms with Gasteiger partial charge in [-0.2, -0.15) is 0 Å². The molecule has 1 saturated heterocycles. The number of ether oxygens (including phenoxy) is 1. The molecule has 3 aliphatic rings. The third-order valence-electron chi connectivity index (χ3n) is 4.00. The molecular weight excluding hydrogens is 220 g/mol. The Bertz CT molecular complexity index is 371. The van der Waals surface area contributed by atoms with E-state index in [-0.39, 0.29) is 17.7 Å². The summed E-state index contributed by atoms with van der Waals surface area (Å²) in [5, 5.41) is 11.7. The first-order chi connectivity index (χ1) is 8.14. The van der Waals surface area contributed by atoms with Gasteiger partial charge in [0.25, 0.3) is 0 Å². The average Bonchev–Trinajstić information content (AvgIpc) is 2.81. The zero-order chi connectivity index (χ0) is 12.0. The van der Waals surface area contributed by atoms with E-state index in [1.54, 1.807) is 17.2 Å². The minimum Gasteiger partial charge on any atom is -0.370 e. The highest BCUT2D eigenvalue weighted by Crippen LogP contribution is 2.53. The highest BCUT2D eigenvalue weighted by atomic mass is 16.5. The topological polar surface area (TPSA) is 61.8 Å². The van der Waals surface area contributed by atoms with Crippen LogP contribution in [0.1, 0.15) is 32.6 Å². The summed E-state index contributed by atoms with van der Waals surface area (Å²) < 4.78 is 6.03. The summed E-state index contributed by atoms with van der Waals surface area (Å²) in [6.45, 7) is 2.13. The standard InChI is InChI=1S/C12H18N2O3/c1-2-8-3-5-12(17-8)7-9(12)14-6-4-10(15)13-11(14)16/h4,6,8-10,15H,2-3,5,7H2,1H3,(H,13,16)/t8-,9?,10?,12?/m1/s1. The Morgan fingerprint density at radius 3 is 3.18 bits per heavy atom. The molecule has 4 atom stereocenters. The third-order valence-corrected chi connectivity index (χ3v) is 4.00. The molecule has 3 unspecified atom stereocenters. The fraction of sp³-hybridized carbons (Fsp3) is 0.750. The van der Waals surface area contributed by atoms with Gasteiger partial charge in [-0.15, -0.1) is 0 Å². The second kappa shape index (κ2) is 3.71. The van der Waals surface area contributed by atoms with Crippen LogP contribution in [0.5, 0.6) is 0 Å². The van der Waals surface area contributed by atoms with Crippen molar-refractivity contribution < 1.29 is 14.6 Å². The van der Waals surface area contributed by atoms with E-state index in [1.807, 2.05) is 0 Å². The Balaban J connectivity index is 1.69. The van der Waals surface area contributed by atoms with Crippen molar-refractivity contribution in [3.8, 4) is 0 Å². The van der Waals surface area contributed by atoms with E-state index in [9.17, 15) is 9.90 Å². The molecule has 94 valence electrons. The molecule has 1 saturated carbocycles. The lowest BCUT2D eigenvalue weighted by atomic mass is 10.1. The molecule has 0 aromatic heterocycles. The van der Waals surface area contributed by atoms with Crippen LogP contribution in [0.15, 0.2) is 12.3 Å². The first kappa shape index (κ1) is 11.0. The maximum Gasteiger partial charge on any atom is 0.324 e. The quantitative estimate of drug-likeness (QED) is 0.752. The summed E-state index contributed by atoms with van der Waals surface area (Å²) in [7, 11) is 0. The van der Waals surface area contributed by atoms with Gasteiger partial charge in [-0.05, 0) is 25.3 Å². The second-order valence-corrected chi connectivity index (χ2v) is 5.11. The molecule has 2 amide bonds. The summed E-state index contributed by atoms with van der Waals surface area (Å²) in [6.07, 6.45) is 6.83. The average molecular weight is 238 g/mol. The van der Waals surface area contributed by atoms with Gasteiger partial charge in [0.1, 0.15) is 6.23 Å². The lowest BCUT2D eigenvalue weighted by molar-refractivity contribution is 0.0130. The van der Waals surface area contributed by atoms with Gasteiger partial charge in [-0.25, -0.2) is 4.79 Å². The van der Waals surface area contributed by atoms with Gasteiger partial charge >= 0.3 is 6.03 Å². The molecule has 0 aromatic carbocycles. The second-order valence-electron chi connectivity index (χ2n) is 5.11. The molecule has 0 radical (unpaired) electrons. The van der Waals surface area contributed by atoms with Gasteiger partial charge in [0.2, 0.25) is 0 Å². The number of rotatable bonds is 2. The maximum absolute atomic E-state index is 11.7. The minimum atomic E-state index is -0.860. The van der Waals surface area contributed by atoms with E-state index in [0.717, 1.165) is 25.7 Å². The smallest absolute Gasteiger partial charge is 0.324 e. The van der Waals surface area contributed by atoms with Crippen LogP contribution in [0.3, 0.4) is 0 Å². The molecule has 1 aliphatic carbocycles. The van der Waals surface area contributed by atoms with Crippen molar-refractivity contribution in [1.82, 2.24) is 10.2 Å². The zero-order valence-electron chi connectivity index (χ0n) is 9.93. The van der Waals surface area contributed by atoms with Crippen LogP contribution in [0, 0.1) is 0 Å². The molecule has 0 bridgehead atoms. The number of carbonyl (C=O) groups excluding carboxylic acids is 1. The zero-order valence-corrected chi connectivity index (χ0v) is 9.93. The van der Waals surface area contributed by atoms with Crippen LogP contribution < -0.4 is 5.32 Å². The van der Waals surface area contributed by atoms with Crippen LogP contribution >= 0.6 is 0 Å². The molecule has 2 heterocycles. The fourth-order valence-corrected chi connectivity index (χ4v) is 2.89. The predicted molar refractivity (Wildman–Crippen MR) is 61.1 cm³/mol. The van der Waals surface area contributed by atoms with Gasteiger partial charge in [-0.3, -0.25) is 4.90 Å². The van der Waals surface area contributed by atoms with Crippen LogP contribution in [0.2, 0.25) is 0 Å². The fourth-order valence-electron chi connectivity index (χ4n) is 2.89. The molecular formula is C12H18N2O3. The van der Waals surface area contributed by atoms with Crippen LogP contribution in [0.25, 0.3) is 0 Å². The molecule has 17 heavy (non-hydrogen) atoms. The Morgan fingerprint density at radius 2 is 2.53 bits per heavy atom. The summed E-state index contributed by atoms with van der Waals surface area (Å²) >= 11 is 0.